The Kier molecular flexibility index (Phi) is 5.70. The number of hydrogen-bond acceptors (Lipinski definition) is 5. The van der Waals surface area contributed by atoms with E-state index in [2.05, 4.69) is 20.4 Å². The van der Waals surface area contributed by atoms with Gasteiger partial charge in [-0.2, -0.15) is 0 Å². The van der Waals surface area contributed by atoms with Crippen molar-refractivity contribution < 1.29 is 9.53 Å². The van der Waals surface area contributed by atoms with Crippen LogP contribution in [0.3, 0.4) is 0 Å². The molecular weight excluding hydrogens is 364 g/mol. The molecule has 1 fully saturated rings. The fraction of sp³-hybridized carbons (Fsp3) is 0.261. The van der Waals surface area contributed by atoms with Crippen LogP contribution in [0.15, 0.2) is 60.7 Å². The van der Waals surface area contributed by atoms with Crippen LogP contribution in [0.5, 0.6) is 5.75 Å². The van der Waals surface area contributed by atoms with E-state index >= 15 is 0 Å². The van der Waals surface area contributed by atoms with E-state index < -0.39 is 0 Å². The van der Waals surface area contributed by atoms with Gasteiger partial charge in [0.15, 0.2) is 12.4 Å². The number of nitrogens with zero attached hydrogens (tertiary/aromatic N) is 3. The lowest BCUT2D eigenvalue weighted by atomic mass is 10.1. The fourth-order valence-electron chi connectivity index (χ4n) is 3.37. The van der Waals surface area contributed by atoms with Gasteiger partial charge in [-0.1, -0.05) is 24.3 Å². The van der Waals surface area contributed by atoms with Crippen LogP contribution < -0.4 is 15.0 Å². The molecule has 1 aromatic heterocycles. The third kappa shape index (κ3) is 4.90. The van der Waals surface area contributed by atoms with E-state index in [-0.39, 0.29) is 12.5 Å². The predicted molar refractivity (Wildman–Crippen MR) is 114 cm³/mol. The first kappa shape index (κ1) is 18.9. The molecule has 3 aromatic rings. The maximum atomic E-state index is 12.1. The average Bonchev–Trinajstić information content (AvgIpc) is 3.28. The molecule has 1 amide bonds. The van der Waals surface area contributed by atoms with Crippen molar-refractivity contribution in [3.05, 3.63) is 66.2 Å². The van der Waals surface area contributed by atoms with Gasteiger partial charge in [0.25, 0.3) is 5.91 Å². The first-order chi connectivity index (χ1) is 14.2. The molecule has 1 saturated heterocycles. The molecular formula is C23H24N4O2. The number of carbonyl (C=O) groups is 1. The second-order valence-electron chi connectivity index (χ2n) is 7.20. The summed E-state index contributed by atoms with van der Waals surface area (Å²) in [5, 5.41) is 11.6. The molecule has 6 nitrogen and oxygen atoms in total. The highest BCUT2D eigenvalue weighted by atomic mass is 16.5. The molecule has 0 radical (unpaired) electrons. The van der Waals surface area contributed by atoms with E-state index in [0.29, 0.717) is 11.4 Å². The molecule has 148 valence electrons. The Morgan fingerprint density at radius 1 is 1.03 bits per heavy atom. The molecule has 2 aromatic carbocycles. The van der Waals surface area contributed by atoms with Gasteiger partial charge < -0.3 is 15.0 Å². The van der Waals surface area contributed by atoms with Crippen molar-refractivity contribution in [2.45, 2.75) is 19.8 Å². The zero-order chi connectivity index (χ0) is 20.1. The molecule has 4 rings (SSSR count). The lowest BCUT2D eigenvalue weighted by molar-refractivity contribution is -0.118. The zero-order valence-electron chi connectivity index (χ0n) is 16.5. The number of anilines is 2. The first-order valence-electron chi connectivity index (χ1n) is 9.86. The summed E-state index contributed by atoms with van der Waals surface area (Å²) in [7, 11) is 0. The lowest BCUT2D eigenvalue weighted by Crippen LogP contribution is -2.20. The number of nitrogens with one attached hydrogen (secondary N) is 1. The average molecular weight is 388 g/mol. The third-order valence-electron chi connectivity index (χ3n) is 4.90. The largest absolute Gasteiger partial charge is 0.484 e. The minimum atomic E-state index is -0.200. The summed E-state index contributed by atoms with van der Waals surface area (Å²) in [4.78, 5) is 14.4. The monoisotopic (exact) mass is 388 g/mol. The Morgan fingerprint density at radius 2 is 1.83 bits per heavy atom. The summed E-state index contributed by atoms with van der Waals surface area (Å²) in [5.74, 6) is 1.42. The number of ether oxygens (including phenoxy) is 1. The Balaban J connectivity index is 1.33. The highest BCUT2D eigenvalue weighted by Gasteiger charge is 2.14. The number of benzene rings is 2. The van der Waals surface area contributed by atoms with Crippen LogP contribution in [0, 0.1) is 6.92 Å². The summed E-state index contributed by atoms with van der Waals surface area (Å²) in [6.45, 7) is 4.06. The summed E-state index contributed by atoms with van der Waals surface area (Å²) in [6.07, 6.45) is 2.43. The van der Waals surface area contributed by atoms with Gasteiger partial charge in [-0.25, -0.2) is 0 Å². The second kappa shape index (κ2) is 8.73. The smallest absolute Gasteiger partial charge is 0.262 e. The fourth-order valence-corrected chi connectivity index (χ4v) is 3.37. The second-order valence-corrected chi connectivity index (χ2v) is 7.20. The van der Waals surface area contributed by atoms with Crippen molar-refractivity contribution in [1.29, 1.82) is 0 Å². The van der Waals surface area contributed by atoms with Crippen molar-refractivity contribution in [1.82, 2.24) is 10.2 Å². The Morgan fingerprint density at radius 3 is 2.52 bits per heavy atom. The van der Waals surface area contributed by atoms with Crippen LogP contribution in [0.25, 0.3) is 11.3 Å². The molecule has 0 aliphatic carbocycles. The van der Waals surface area contributed by atoms with E-state index in [1.165, 1.54) is 12.8 Å². The van der Waals surface area contributed by atoms with Crippen molar-refractivity contribution in [2.24, 2.45) is 0 Å². The Labute approximate surface area is 170 Å². The van der Waals surface area contributed by atoms with Gasteiger partial charge in [0.05, 0.1) is 5.69 Å². The van der Waals surface area contributed by atoms with Crippen molar-refractivity contribution in [3.63, 3.8) is 0 Å². The summed E-state index contributed by atoms with van der Waals surface area (Å²) in [6, 6.07) is 19.2. The van der Waals surface area contributed by atoms with Crippen LogP contribution in [0.4, 0.5) is 11.5 Å². The van der Waals surface area contributed by atoms with Crippen LogP contribution in [-0.4, -0.2) is 35.8 Å². The van der Waals surface area contributed by atoms with Gasteiger partial charge in [0.1, 0.15) is 5.75 Å². The van der Waals surface area contributed by atoms with Gasteiger partial charge in [0.2, 0.25) is 0 Å². The van der Waals surface area contributed by atoms with E-state index in [9.17, 15) is 4.79 Å². The maximum Gasteiger partial charge on any atom is 0.262 e. The molecule has 0 saturated carbocycles. The van der Waals surface area contributed by atoms with E-state index in [4.69, 9.17) is 4.74 Å². The van der Waals surface area contributed by atoms with E-state index in [1.54, 1.807) is 0 Å². The van der Waals surface area contributed by atoms with Gasteiger partial charge in [-0.05, 0) is 61.7 Å². The normalized spacial score (nSPS) is 13.3. The molecule has 0 bridgehead atoms. The first-order valence-corrected chi connectivity index (χ1v) is 9.86. The van der Waals surface area contributed by atoms with Crippen LogP contribution >= 0.6 is 0 Å². The molecule has 6 heteroatoms. The lowest BCUT2D eigenvalue weighted by Gasteiger charge is -2.15. The van der Waals surface area contributed by atoms with Crippen LogP contribution in [0.1, 0.15) is 18.4 Å². The van der Waals surface area contributed by atoms with Crippen LogP contribution in [0.2, 0.25) is 0 Å². The number of hydrogen-bond donors (Lipinski definition) is 1. The maximum absolute atomic E-state index is 12.1. The summed E-state index contributed by atoms with van der Waals surface area (Å²) < 4.78 is 5.53. The summed E-state index contributed by atoms with van der Waals surface area (Å²) in [5.41, 5.74) is 3.58. The number of rotatable bonds is 6. The van der Waals surface area contributed by atoms with Crippen LogP contribution in [-0.2, 0) is 4.79 Å². The Hall–Kier alpha value is -3.41. The molecule has 0 atom stereocenters. The molecule has 0 unspecified atom stereocenters. The van der Waals surface area contributed by atoms with Gasteiger partial charge >= 0.3 is 0 Å². The Bertz CT molecular complexity index is 965. The van der Waals surface area contributed by atoms with E-state index in [1.807, 2.05) is 67.6 Å². The van der Waals surface area contributed by atoms with Gasteiger partial charge in [0, 0.05) is 24.3 Å². The molecule has 1 N–H and O–H groups in total. The number of aryl methyl sites for hydroxylation is 1. The molecule has 29 heavy (non-hydrogen) atoms. The highest BCUT2D eigenvalue weighted by molar-refractivity contribution is 5.92. The molecule has 1 aliphatic heterocycles. The van der Waals surface area contributed by atoms with Gasteiger partial charge in [-0.15, -0.1) is 10.2 Å². The number of amides is 1. The predicted octanol–water partition coefficient (Wildman–Crippen LogP) is 4.07. The number of carbonyl (C=O) groups excluding carboxylic acids is 1. The molecule has 2 heterocycles. The SMILES string of the molecule is Cc1cccc(OCC(=O)Nc2ccc(-c3ccc(N4CCCC4)nn3)cc2)c1. The highest BCUT2D eigenvalue weighted by Crippen LogP contribution is 2.22. The zero-order valence-corrected chi connectivity index (χ0v) is 16.5. The number of aromatic nitrogens is 2. The van der Waals surface area contributed by atoms with E-state index in [0.717, 1.165) is 35.7 Å². The molecule has 0 spiro atoms. The van der Waals surface area contributed by atoms with Crippen molar-refractivity contribution >= 4 is 17.4 Å². The quantitative estimate of drug-likeness (QED) is 0.689. The minimum Gasteiger partial charge on any atom is -0.484 e. The van der Waals surface area contributed by atoms with Crippen molar-refractivity contribution in [3.8, 4) is 17.0 Å². The van der Waals surface area contributed by atoms with Gasteiger partial charge in [-0.3, -0.25) is 4.79 Å². The van der Waals surface area contributed by atoms with Crippen molar-refractivity contribution in [2.75, 3.05) is 29.9 Å². The molecule has 1 aliphatic rings. The minimum absolute atomic E-state index is 0.0331. The standard InChI is InChI=1S/C23H24N4O2/c1-17-5-4-6-20(15-17)29-16-23(28)24-19-9-7-18(8-10-19)21-11-12-22(26-25-21)27-13-2-3-14-27/h4-12,15H,2-3,13-14,16H2,1H3,(H,24,28). The topological polar surface area (TPSA) is 67.3 Å². The third-order valence-corrected chi connectivity index (χ3v) is 4.90. The summed E-state index contributed by atoms with van der Waals surface area (Å²) >= 11 is 0.